The molecule has 0 spiro atoms. The van der Waals surface area contributed by atoms with Crippen LogP contribution in [0.15, 0.2) is 23.3 Å². The van der Waals surface area contributed by atoms with Crippen LogP contribution in [0.2, 0.25) is 0 Å². The molecule has 0 amide bonds. The van der Waals surface area contributed by atoms with Gasteiger partial charge in [0.1, 0.15) is 0 Å². The van der Waals surface area contributed by atoms with Crippen molar-refractivity contribution in [1.82, 2.24) is 10.3 Å². The summed E-state index contributed by atoms with van der Waals surface area (Å²) in [6.07, 6.45) is 3.37. The second kappa shape index (κ2) is 3.72. The minimum atomic E-state index is 0.0405. The Morgan fingerprint density at radius 3 is 3.15 bits per heavy atom. The fourth-order valence-electron chi connectivity index (χ4n) is 1.47. The molecule has 1 aliphatic heterocycles. The fraction of sp³-hybridized carbons (Fsp3) is 0.444. The summed E-state index contributed by atoms with van der Waals surface area (Å²) in [4.78, 5) is 14.3. The number of aromatic amines is 1. The van der Waals surface area contributed by atoms with Gasteiger partial charge in [-0.2, -0.15) is 0 Å². The first-order valence-corrected chi connectivity index (χ1v) is 4.36. The molecule has 0 aliphatic carbocycles. The average Bonchev–Trinajstić information content (AvgIpc) is 2.20. The number of H-pyrrole nitrogens is 1. The van der Waals surface area contributed by atoms with E-state index in [2.05, 4.69) is 10.3 Å². The maximum atomic E-state index is 11.4. The van der Waals surface area contributed by atoms with E-state index >= 15 is 0 Å². The summed E-state index contributed by atoms with van der Waals surface area (Å²) in [5.41, 5.74) is 0.809. The van der Waals surface area contributed by atoms with Crippen LogP contribution in [-0.2, 0) is 4.74 Å². The van der Waals surface area contributed by atoms with Gasteiger partial charge in [-0.25, -0.2) is 0 Å². The van der Waals surface area contributed by atoms with Crippen LogP contribution in [0, 0.1) is 0 Å². The molecule has 1 aromatic heterocycles. The van der Waals surface area contributed by atoms with Crippen molar-refractivity contribution in [2.45, 2.75) is 6.04 Å². The van der Waals surface area contributed by atoms with E-state index in [1.807, 2.05) is 0 Å². The predicted molar refractivity (Wildman–Crippen MR) is 48.6 cm³/mol. The highest BCUT2D eigenvalue weighted by Gasteiger charge is 2.16. The molecule has 0 bridgehead atoms. The highest BCUT2D eigenvalue weighted by Crippen LogP contribution is 2.09. The Balaban J connectivity index is 2.24. The van der Waals surface area contributed by atoms with Crippen LogP contribution in [-0.4, -0.2) is 24.7 Å². The van der Waals surface area contributed by atoms with E-state index in [0.717, 1.165) is 18.7 Å². The Hall–Kier alpha value is -1.13. The largest absolute Gasteiger partial charge is 0.378 e. The fourth-order valence-corrected chi connectivity index (χ4v) is 1.47. The third-order valence-electron chi connectivity index (χ3n) is 2.15. The van der Waals surface area contributed by atoms with E-state index in [1.165, 1.54) is 6.07 Å². The van der Waals surface area contributed by atoms with Gasteiger partial charge in [0.15, 0.2) is 5.43 Å². The normalized spacial score (nSPS) is 22.9. The Morgan fingerprint density at radius 1 is 1.54 bits per heavy atom. The van der Waals surface area contributed by atoms with Crippen molar-refractivity contribution in [3.63, 3.8) is 0 Å². The first kappa shape index (κ1) is 8.47. The highest BCUT2D eigenvalue weighted by atomic mass is 16.5. The van der Waals surface area contributed by atoms with Crippen LogP contribution in [0.4, 0.5) is 0 Å². The SMILES string of the molecule is O=c1cc[nH]cc1[C@@H]1COCCN1. The predicted octanol–water partition coefficient (Wildman–Crippen LogP) is 0.0358. The second-order valence-electron chi connectivity index (χ2n) is 3.05. The van der Waals surface area contributed by atoms with Crippen LogP contribution in [0.25, 0.3) is 0 Å². The van der Waals surface area contributed by atoms with Crippen molar-refractivity contribution < 1.29 is 4.74 Å². The first-order valence-electron chi connectivity index (χ1n) is 4.36. The molecule has 1 aromatic rings. The molecule has 0 radical (unpaired) electrons. The first-order chi connectivity index (χ1) is 6.38. The van der Waals surface area contributed by atoms with Gasteiger partial charge < -0.3 is 15.0 Å². The van der Waals surface area contributed by atoms with Gasteiger partial charge in [0.2, 0.25) is 0 Å². The number of rotatable bonds is 1. The zero-order valence-corrected chi connectivity index (χ0v) is 7.25. The van der Waals surface area contributed by atoms with E-state index < -0.39 is 0 Å². The molecule has 2 N–H and O–H groups in total. The summed E-state index contributed by atoms with van der Waals surface area (Å²) >= 11 is 0. The summed E-state index contributed by atoms with van der Waals surface area (Å²) in [7, 11) is 0. The van der Waals surface area contributed by atoms with Crippen LogP contribution in [0.5, 0.6) is 0 Å². The lowest BCUT2D eigenvalue weighted by molar-refractivity contribution is 0.0765. The molecule has 4 heteroatoms. The molecule has 1 fully saturated rings. The van der Waals surface area contributed by atoms with Crippen molar-refractivity contribution in [2.24, 2.45) is 0 Å². The number of aromatic nitrogens is 1. The van der Waals surface area contributed by atoms with Crippen molar-refractivity contribution in [1.29, 1.82) is 0 Å². The number of morpholine rings is 1. The summed E-state index contributed by atoms with van der Waals surface area (Å²) < 4.78 is 5.28. The lowest BCUT2D eigenvalue weighted by atomic mass is 10.1. The number of ether oxygens (including phenoxy) is 1. The molecular weight excluding hydrogens is 168 g/mol. The zero-order valence-electron chi connectivity index (χ0n) is 7.25. The minimum Gasteiger partial charge on any atom is -0.378 e. The third kappa shape index (κ3) is 1.79. The van der Waals surface area contributed by atoms with E-state index in [4.69, 9.17) is 4.74 Å². The number of nitrogens with one attached hydrogen (secondary N) is 2. The summed E-state index contributed by atoms with van der Waals surface area (Å²) in [6, 6.07) is 1.57. The molecule has 2 heterocycles. The van der Waals surface area contributed by atoms with Crippen LogP contribution >= 0.6 is 0 Å². The van der Waals surface area contributed by atoms with E-state index in [1.54, 1.807) is 12.4 Å². The second-order valence-corrected chi connectivity index (χ2v) is 3.05. The van der Waals surface area contributed by atoms with E-state index in [9.17, 15) is 4.79 Å². The van der Waals surface area contributed by atoms with Crippen LogP contribution in [0.1, 0.15) is 11.6 Å². The standard InChI is InChI=1S/C9H12N2O2/c12-9-1-2-10-5-7(9)8-6-13-4-3-11-8/h1-2,5,8,11H,3-4,6H2,(H,10,12)/t8-/m0/s1. The third-order valence-corrected chi connectivity index (χ3v) is 2.15. The van der Waals surface area contributed by atoms with Gasteiger partial charge in [-0.05, 0) is 0 Å². The average molecular weight is 180 g/mol. The number of hydrogen-bond donors (Lipinski definition) is 2. The van der Waals surface area contributed by atoms with Crippen molar-refractivity contribution in [3.05, 3.63) is 34.2 Å². The van der Waals surface area contributed by atoms with Crippen LogP contribution < -0.4 is 10.7 Å². The Kier molecular flexibility index (Phi) is 2.42. The zero-order chi connectivity index (χ0) is 9.10. The Morgan fingerprint density at radius 2 is 2.46 bits per heavy atom. The van der Waals surface area contributed by atoms with Crippen molar-refractivity contribution in [3.8, 4) is 0 Å². The molecule has 1 atom stereocenters. The van der Waals surface area contributed by atoms with Gasteiger partial charge >= 0.3 is 0 Å². The minimum absolute atomic E-state index is 0.0405. The van der Waals surface area contributed by atoms with Gasteiger partial charge in [-0.15, -0.1) is 0 Å². The van der Waals surface area contributed by atoms with Crippen LogP contribution in [0.3, 0.4) is 0 Å². The number of hydrogen-bond acceptors (Lipinski definition) is 3. The molecule has 1 aliphatic rings. The molecule has 0 unspecified atom stereocenters. The summed E-state index contributed by atoms with van der Waals surface area (Å²) in [5.74, 6) is 0. The van der Waals surface area contributed by atoms with Crippen molar-refractivity contribution >= 4 is 0 Å². The lowest BCUT2D eigenvalue weighted by Crippen LogP contribution is -2.37. The van der Waals surface area contributed by atoms with Gasteiger partial charge in [-0.1, -0.05) is 0 Å². The lowest BCUT2D eigenvalue weighted by Gasteiger charge is -2.23. The van der Waals surface area contributed by atoms with Gasteiger partial charge in [0.25, 0.3) is 0 Å². The molecule has 1 saturated heterocycles. The van der Waals surface area contributed by atoms with E-state index in [-0.39, 0.29) is 11.5 Å². The molecule has 4 nitrogen and oxygen atoms in total. The molecule has 13 heavy (non-hydrogen) atoms. The van der Waals surface area contributed by atoms with Crippen molar-refractivity contribution in [2.75, 3.05) is 19.8 Å². The monoisotopic (exact) mass is 180 g/mol. The van der Waals surface area contributed by atoms with Gasteiger partial charge in [0, 0.05) is 30.6 Å². The maximum absolute atomic E-state index is 11.4. The van der Waals surface area contributed by atoms with Gasteiger partial charge in [-0.3, -0.25) is 4.79 Å². The molecule has 0 saturated carbocycles. The summed E-state index contributed by atoms with van der Waals surface area (Å²) in [6.45, 7) is 2.10. The number of pyridine rings is 1. The Labute approximate surface area is 75.9 Å². The smallest absolute Gasteiger partial charge is 0.186 e. The topological polar surface area (TPSA) is 54.1 Å². The Bertz CT molecular complexity index is 328. The molecule has 70 valence electrons. The van der Waals surface area contributed by atoms with E-state index in [0.29, 0.717) is 6.61 Å². The molecule has 0 aromatic carbocycles. The highest BCUT2D eigenvalue weighted by molar-refractivity contribution is 5.14. The summed E-state index contributed by atoms with van der Waals surface area (Å²) in [5, 5.41) is 3.23. The quantitative estimate of drug-likeness (QED) is 0.641. The maximum Gasteiger partial charge on any atom is 0.186 e. The van der Waals surface area contributed by atoms with Gasteiger partial charge in [0.05, 0.1) is 19.3 Å². The molecule has 2 rings (SSSR count). The molecular formula is C9H12N2O2.